The van der Waals surface area contributed by atoms with Gasteiger partial charge in [0.25, 0.3) is 0 Å². The fourth-order valence-corrected chi connectivity index (χ4v) is 3.13. The molecule has 3 rings (SSSR count). The van der Waals surface area contributed by atoms with Crippen LogP contribution in [0.1, 0.15) is 25.7 Å². The SMILES string of the molecule is NC1CC(CC2CC2)CN(c2ccc(F)c(F)c2)C1. The monoisotopic (exact) mass is 266 g/mol. The predicted molar refractivity (Wildman–Crippen MR) is 72.0 cm³/mol. The fraction of sp³-hybridized carbons (Fsp3) is 0.600. The average Bonchev–Trinajstić information content (AvgIpc) is 3.16. The summed E-state index contributed by atoms with van der Waals surface area (Å²) in [7, 11) is 0. The summed E-state index contributed by atoms with van der Waals surface area (Å²) < 4.78 is 26.3. The van der Waals surface area contributed by atoms with Crippen LogP contribution in [0.3, 0.4) is 0 Å². The van der Waals surface area contributed by atoms with Gasteiger partial charge in [-0.2, -0.15) is 0 Å². The summed E-state index contributed by atoms with van der Waals surface area (Å²) in [5.74, 6) is -0.110. The molecule has 4 heteroatoms. The van der Waals surface area contributed by atoms with Crippen molar-refractivity contribution in [3.8, 4) is 0 Å². The van der Waals surface area contributed by atoms with Crippen LogP contribution < -0.4 is 10.6 Å². The van der Waals surface area contributed by atoms with Crippen LogP contribution in [0.15, 0.2) is 18.2 Å². The van der Waals surface area contributed by atoms with Crippen molar-refractivity contribution in [1.82, 2.24) is 0 Å². The minimum Gasteiger partial charge on any atom is -0.370 e. The van der Waals surface area contributed by atoms with Gasteiger partial charge in [0.1, 0.15) is 0 Å². The lowest BCUT2D eigenvalue weighted by molar-refractivity contribution is 0.343. The molecular formula is C15H20F2N2. The van der Waals surface area contributed by atoms with Crippen LogP contribution >= 0.6 is 0 Å². The first-order chi connectivity index (χ1) is 9.11. The fourth-order valence-electron chi connectivity index (χ4n) is 3.13. The van der Waals surface area contributed by atoms with Crippen LogP contribution in [0.5, 0.6) is 0 Å². The van der Waals surface area contributed by atoms with Crippen molar-refractivity contribution in [3.63, 3.8) is 0 Å². The molecule has 2 atom stereocenters. The molecule has 1 saturated carbocycles. The largest absolute Gasteiger partial charge is 0.370 e. The van der Waals surface area contributed by atoms with Gasteiger partial charge < -0.3 is 10.6 Å². The van der Waals surface area contributed by atoms with Gasteiger partial charge in [0.05, 0.1) is 0 Å². The molecule has 2 aliphatic rings. The molecule has 1 aromatic carbocycles. The number of hydrogen-bond donors (Lipinski definition) is 1. The second-order valence-corrected chi connectivity index (χ2v) is 6.04. The summed E-state index contributed by atoms with van der Waals surface area (Å²) in [5, 5.41) is 0. The van der Waals surface area contributed by atoms with E-state index in [0.29, 0.717) is 5.92 Å². The second-order valence-electron chi connectivity index (χ2n) is 6.04. The maximum atomic E-state index is 13.3. The highest BCUT2D eigenvalue weighted by molar-refractivity contribution is 5.47. The number of hydrogen-bond acceptors (Lipinski definition) is 2. The quantitative estimate of drug-likeness (QED) is 0.911. The Balaban J connectivity index is 1.72. The van der Waals surface area contributed by atoms with Crippen molar-refractivity contribution in [2.45, 2.75) is 31.7 Å². The Hall–Kier alpha value is -1.16. The first-order valence-corrected chi connectivity index (χ1v) is 7.07. The molecule has 0 radical (unpaired) electrons. The molecule has 2 unspecified atom stereocenters. The van der Waals surface area contributed by atoms with Gasteiger partial charge in [0.2, 0.25) is 0 Å². The van der Waals surface area contributed by atoms with Crippen molar-refractivity contribution in [2.24, 2.45) is 17.6 Å². The lowest BCUT2D eigenvalue weighted by Gasteiger charge is -2.38. The number of anilines is 1. The van der Waals surface area contributed by atoms with Crippen LogP contribution in [0.25, 0.3) is 0 Å². The van der Waals surface area contributed by atoms with Gasteiger partial charge in [0, 0.05) is 30.9 Å². The van der Waals surface area contributed by atoms with E-state index in [-0.39, 0.29) is 6.04 Å². The summed E-state index contributed by atoms with van der Waals surface area (Å²) in [6.45, 7) is 1.64. The molecule has 0 aromatic heterocycles. The molecule has 0 spiro atoms. The maximum Gasteiger partial charge on any atom is 0.160 e. The molecule has 1 aliphatic heterocycles. The Morgan fingerprint density at radius 1 is 1.11 bits per heavy atom. The number of nitrogens with zero attached hydrogens (tertiary/aromatic N) is 1. The molecule has 0 bridgehead atoms. The van der Waals surface area contributed by atoms with Gasteiger partial charge >= 0.3 is 0 Å². The lowest BCUT2D eigenvalue weighted by atomic mass is 9.90. The van der Waals surface area contributed by atoms with Gasteiger partial charge in [0.15, 0.2) is 11.6 Å². The van der Waals surface area contributed by atoms with Crippen LogP contribution in [-0.4, -0.2) is 19.1 Å². The zero-order valence-electron chi connectivity index (χ0n) is 11.0. The van der Waals surface area contributed by atoms with E-state index < -0.39 is 11.6 Å². The summed E-state index contributed by atoms with van der Waals surface area (Å²) in [5.41, 5.74) is 6.85. The molecule has 19 heavy (non-hydrogen) atoms. The summed E-state index contributed by atoms with van der Waals surface area (Å²) in [6.07, 6.45) is 4.97. The van der Waals surface area contributed by atoms with E-state index in [9.17, 15) is 8.78 Å². The van der Waals surface area contributed by atoms with Crippen molar-refractivity contribution in [3.05, 3.63) is 29.8 Å². The van der Waals surface area contributed by atoms with E-state index in [1.165, 1.54) is 31.4 Å². The number of piperidine rings is 1. The van der Waals surface area contributed by atoms with E-state index in [1.807, 2.05) is 0 Å². The summed E-state index contributed by atoms with van der Waals surface area (Å²) >= 11 is 0. The lowest BCUT2D eigenvalue weighted by Crippen LogP contribution is -2.47. The minimum atomic E-state index is -0.792. The van der Waals surface area contributed by atoms with Crippen molar-refractivity contribution < 1.29 is 8.78 Å². The molecule has 1 aliphatic carbocycles. The van der Waals surface area contributed by atoms with E-state index in [0.717, 1.165) is 31.1 Å². The molecule has 2 fully saturated rings. The summed E-state index contributed by atoms with van der Waals surface area (Å²) in [4.78, 5) is 2.10. The number of nitrogens with two attached hydrogens (primary N) is 1. The van der Waals surface area contributed by atoms with E-state index in [2.05, 4.69) is 4.90 Å². The Bertz CT molecular complexity index is 457. The second kappa shape index (κ2) is 5.08. The number of benzene rings is 1. The normalized spacial score (nSPS) is 27.6. The standard InChI is InChI=1S/C15H20F2N2/c16-14-4-3-13(7-15(14)17)19-8-11(5-10-1-2-10)6-12(18)9-19/h3-4,7,10-12H,1-2,5-6,8-9,18H2. The predicted octanol–water partition coefficient (Wildman–Crippen LogP) is 2.92. The third-order valence-electron chi connectivity index (χ3n) is 4.20. The molecule has 104 valence electrons. The molecular weight excluding hydrogens is 246 g/mol. The third-order valence-corrected chi connectivity index (χ3v) is 4.20. The Morgan fingerprint density at radius 2 is 1.89 bits per heavy atom. The molecule has 1 saturated heterocycles. The molecule has 1 heterocycles. The number of rotatable bonds is 3. The van der Waals surface area contributed by atoms with Gasteiger partial charge in [-0.25, -0.2) is 8.78 Å². The Morgan fingerprint density at radius 3 is 2.58 bits per heavy atom. The van der Waals surface area contributed by atoms with Crippen molar-refractivity contribution in [1.29, 1.82) is 0 Å². The minimum absolute atomic E-state index is 0.130. The molecule has 2 N–H and O–H groups in total. The van der Waals surface area contributed by atoms with Crippen LogP contribution in [-0.2, 0) is 0 Å². The molecule has 1 aromatic rings. The topological polar surface area (TPSA) is 29.3 Å². The first-order valence-electron chi connectivity index (χ1n) is 7.07. The highest BCUT2D eigenvalue weighted by Crippen LogP contribution is 2.38. The van der Waals surface area contributed by atoms with Crippen molar-refractivity contribution >= 4 is 5.69 Å². The highest BCUT2D eigenvalue weighted by atomic mass is 19.2. The number of halogens is 2. The van der Waals surface area contributed by atoms with E-state index in [1.54, 1.807) is 6.07 Å². The van der Waals surface area contributed by atoms with E-state index >= 15 is 0 Å². The third kappa shape index (κ3) is 3.06. The molecule has 2 nitrogen and oxygen atoms in total. The Labute approximate surface area is 112 Å². The van der Waals surface area contributed by atoms with Gasteiger partial charge in [-0.05, 0) is 36.8 Å². The maximum absolute atomic E-state index is 13.3. The Kier molecular flexibility index (Phi) is 3.44. The smallest absolute Gasteiger partial charge is 0.160 e. The van der Waals surface area contributed by atoms with Crippen LogP contribution in [0, 0.1) is 23.5 Å². The first kappa shape index (κ1) is 12.9. The van der Waals surface area contributed by atoms with Gasteiger partial charge in [-0.1, -0.05) is 12.8 Å². The van der Waals surface area contributed by atoms with Crippen LogP contribution in [0.4, 0.5) is 14.5 Å². The van der Waals surface area contributed by atoms with Crippen molar-refractivity contribution in [2.75, 3.05) is 18.0 Å². The van der Waals surface area contributed by atoms with Gasteiger partial charge in [-0.3, -0.25) is 0 Å². The molecule has 0 amide bonds. The highest BCUT2D eigenvalue weighted by Gasteiger charge is 2.31. The summed E-state index contributed by atoms with van der Waals surface area (Å²) in [6, 6.07) is 4.25. The van der Waals surface area contributed by atoms with Gasteiger partial charge in [-0.15, -0.1) is 0 Å². The van der Waals surface area contributed by atoms with Crippen LogP contribution in [0.2, 0.25) is 0 Å². The van der Waals surface area contributed by atoms with E-state index in [4.69, 9.17) is 5.73 Å². The zero-order valence-corrected chi connectivity index (χ0v) is 11.0. The average molecular weight is 266 g/mol. The zero-order chi connectivity index (χ0) is 13.4.